The fourth-order valence-electron chi connectivity index (χ4n) is 4.10. The van der Waals surface area contributed by atoms with Gasteiger partial charge in [0.1, 0.15) is 0 Å². The lowest BCUT2D eigenvalue weighted by atomic mass is 9.85. The molecule has 4 nitrogen and oxygen atoms in total. The van der Waals surface area contributed by atoms with E-state index in [1.165, 1.54) is 27.8 Å². The predicted octanol–water partition coefficient (Wildman–Crippen LogP) is 6.65. The number of rotatable bonds is 6. The maximum atomic E-state index is 10.9. The molecule has 0 radical (unpaired) electrons. The summed E-state index contributed by atoms with van der Waals surface area (Å²) in [6, 6.07) is 21.0. The molecule has 1 aromatic heterocycles. The predicted molar refractivity (Wildman–Crippen MR) is 131 cm³/mol. The van der Waals surface area contributed by atoms with Crippen molar-refractivity contribution in [1.29, 1.82) is 0 Å². The quantitative estimate of drug-likeness (QED) is 0.270. The fourth-order valence-corrected chi connectivity index (χ4v) is 4.10. The molecule has 2 N–H and O–H groups in total. The first-order valence-electron chi connectivity index (χ1n) is 10.7. The molecule has 0 aliphatic rings. The zero-order chi connectivity index (χ0) is 22.7. The highest BCUT2D eigenvalue weighted by Gasteiger charge is 2.15. The molecular formula is C28H26N2O2. The van der Waals surface area contributed by atoms with E-state index in [0.717, 1.165) is 40.1 Å². The molecule has 0 bridgehead atoms. The molecule has 32 heavy (non-hydrogen) atoms. The second kappa shape index (κ2) is 9.06. The maximum absolute atomic E-state index is 10.9. The summed E-state index contributed by atoms with van der Waals surface area (Å²) in [5, 5.41) is 17.2. The molecule has 4 heteroatoms. The molecule has 160 valence electrons. The van der Waals surface area contributed by atoms with Gasteiger partial charge >= 0.3 is 5.97 Å². The van der Waals surface area contributed by atoms with E-state index in [2.05, 4.69) is 79.5 Å². The third-order valence-electron chi connectivity index (χ3n) is 5.72. The Kier molecular flexibility index (Phi) is 6.04. The molecule has 0 aliphatic carbocycles. The van der Waals surface area contributed by atoms with Crippen LogP contribution in [0.2, 0.25) is 0 Å². The minimum Gasteiger partial charge on any atom is -0.478 e. The number of aromatic amines is 1. The lowest BCUT2D eigenvalue weighted by Gasteiger charge is -2.19. The zero-order valence-electron chi connectivity index (χ0n) is 18.5. The first-order chi connectivity index (χ1) is 15.5. The number of nitrogens with zero attached hydrogens (tertiary/aromatic N) is 1. The monoisotopic (exact) mass is 422 g/mol. The third kappa shape index (κ3) is 4.40. The van der Waals surface area contributed by atoms with Crippen LogP contribution in [0.5, 0.6) is 0 Å². The van der Waals surface area contributed by atoms with E-state index in [1.807, 2.05) is 18.3 Å². The third-order valence-corrected chi connectivity index (χ3v) is 5.72. The van der Waals surface area contributed by atoms with Gasteiger partial charge in [0.2, 0.25) is 0 Å². The molecule has 0 aliphatic heterocycles. The number of carbonyl (C=O) groups is 1. The van der Waals surface area contributed by atoms with Gasteiger partial charge < -0.3 is 5.11 Å². The highest BCUT2D eigenvalue weighted by molar-refractivity contribution is 6.01. The largest absolute Gasteiger partial charge is 0.478 e. The van der Waals surface area contributed by atoms with E-state index in [4.69, 9.17) is 5.11 Å². The van der Waals surface area contributed by atoms with Crippen molar-refractivity contribution >= 4 is 34.1 Å². The number of fused-ring (bicyclic) bond motifs is 1. The Balaban J connectivity index is 1.94. The van der Waals surface area contributed by atoms with Gasteiger partial charge in [-0.3, -0.25) is 5.10 Å². The Morgan fingerprint density at radius 2 is 1.75 bits per heavy atom. The van der Waals surface area contributed by atoms with Crippen molar-refractivity contribution in [3.8, 4) is 0 Å². The summed E-state index contributed by atoms with van der Waals surface area (Å²) in [6.45, 7) is 6.47. The fraction of sp³-hybridized carbons (Fsp3) is 0.143. The van der Waals surface area contributed by atoms with Crippen LogP contribution < -0.4 is 0 Å². The number of aryl methyl sites for hydroxylation is 2. The van der Waals surface area contributed by atoms with Crippen LogP contribution in [-0.2, 0) is 4.79 Å². The van der Waals surface area contributed by atoms with Crippen molar-refractivity contribution in [3.05, 3.63) is 106 Å². The Morgan fingerprint density at radius 1 is 1.00 bits per heavy atom. The van der Waals surface area contributed by atoms with Crippen LogP contribution >= 0.6 is 0 Å². The Hall–Kier alpha value is -3.92. The summed E-state index contributed by atoms with van der Waals surface area (Å²) in [5.41, 5.74) is 10.3. The van der Waals surface area contributed by atoms with Crippen molar-refractivity contribution in [2.45, 2.75) is 27.2 Å². The molecular weight excluding hydrogens is 396 g/mol. The smallest absolute Gasteiger partial charge is 0.328 e. The van der Waals surface area contributed by atoms with Gasteiger partial charge in [-0.05, 0) is 77.4 Å². The first kappa shape index (κ1) is 21.3. The van der Waals surface area contributed by atoms with E-state index < -0.39 is 5.97 Å². The SMILES string of the molecule is CC/C(=C(/c1ccc(/C=C/C(=O)O)cc1)c1ccc2[nH]ncc2c1)c1cc(C)ccc1C. The Bertz CT molecular complexity index is 1340. The molecule has 0 saturated carbocycles. The van der Waals surface area contributed by atoms with Crippen LogP contribution in [0, 0.1) is 13.8 Å². The average Bonchev–Trinajstić information content (AvgIpc) is 3.26. The van der Waals surface area contributed by atoms with Gasteiger partial charge in [-0.2, -0.15) is 5.10 Å². The first-order valence-corrected chi connectivity index (χ1v) is 10.7. The standard InChI is InChI=1S/C28H26N2O2/c1-4-24(25-15-18(2)5-6-19(25)3)28(22-12-13-26-23(16-22)17-29-30-26)21-10-7-20(8-11-21)9-14-27(31)32/h5-17H,4H2,1-3H3,(H,29,30)(H,31,32)/b14-9+,28-24+. The lowest BCUT2D eigenvalue weighted by molar-refractivity contribution is -0.131. The topological polar surface area (TPSA) is 66.0 Å². The van der Waals surface area contributed by atoms with Crippen molar-refractivity contribution in [2.75, 3.05) is 0 Å². The molecule has 0 spiro atoms. The number of carboxylic acids is 1. The van der Waals surface area contributed by atoms with Gasteiger partial charge in [0.15, 0.2) is 0 Å². The molecule has 4 aromatic rings. The number of aromatic nitrogens is 2. The number of nitrogens with one attached hydrogen (secondary N) is 1. The van der Waals surface area contributed by atoms with Gasteiger partial charge in [-0.25, -0.2) is 4.79 Å². The molecule has 0 saturated heterocycles. The van der Waals surface area contributed by atoms with E-state index in [9.17, 15) is 4.79 Å². The van der Waals surface area contributed by atoms with Crippen LogP contribution in [0.15, 0.2) is 72.9 Å². The number of hydrogen-bond acceptors (Lipinski definition) is 2. The summed E-state index contributed by atoms with van der Waals surface area (Å²) in [5.74, 6) is -0.953. The average molecular weight is 423 g/mol. The lowest BCUT2D eigenvalue weighted by Crippen LogP contribution is -1.98. The molecule has 0 amide bonds. The van der Waals surface area contributed by atoms with Crippen molar-refractivity contribution in [2.24, 2.45) is 0 Å². The van der Waals surface area contributed by atoms with Gasteiger partial charge in [-0.1, -0.05) is 61.0 Å². The maximum Gasteiger partial charge on any atom is 0.328 e. The molecule has 0 unspecified atom stereocenters. The second-order valence-electron chi connectivity index (χ2n) is 7.99. The Morgan fingerprint density at radius 3 is 2.47 bits per heavy atom. The van der Waals surface area contributed by atoms with Crippen LogP contribution in [0.4, 0.5) is 0 Å². The molecule has 0 atom stereocenters. The van der Waals surface area contributed by atoms with Crippen molar-refractivity contribution in [1.82, 2.24) is 10.2 Å². The zero-order valence-corrected chi connectivity index (χ0v) is 18.5. The van der Waals surface area contributed by atoms with Gasteiger partial charge in [-0.15, -0.1) is 0 Å². The van der Waals surface area contributed by atoms with E-state index >= 15 is 0 Å². The van der Waals surface area contributed by atoms with Crippen LogP contribution in [-0.4, -0.2) is 21.3 Å². The number of benzene rings is 3. The van der Waals surface area contributed by atoms with Crippen molar-refractivity contribution in [3.63, 3.8) is 0 Å². The summed E-state index contributed by atoms with van der Waals surface area (Å²) in [6.07, 6.45) is 5.49. The van der Waals surface area contributed by atoms with Crippen LogP contribution in [0.1, 0.15) is 46.7 Å². The summed E-state index contributed by atoms with van der Waals surface area (Å²) < 4.78 is 0. The molecule has 4 rings (SSSR count). The Labute approximate surface area is 187 Å². The highest BCUT2D eigenvalue weighted by atomic mass is 16.4. The van der Waals surface area contributed by atoms with E-state index in [0.29, 0.717) is 0 Å². The van der Waals surface area contributed by atoms with E-state index in [1.54, 1.807) is 6.08 Å². The normalized spacial score (nSPS) is 12.3. The molecule has 1 heterocycles. The molecule has 3 aromatic carbocycles. The van der Waals surface area contributed by atoms with Crippen molar-refractivity contribution < 1.29 is 9.90 Å². The minimum absolute atomic E-state index is 0.852. The number of H-pyrrole nitrogens is 1. The highest BCUT2D eigenvalue weighted by Crippen LogP contribution is 2.37. The molecule has 0 fully saturated rings. The van der Waals surface area contributed by atoms with Crippen LogP contribution in [0.3, 0.4) is 0 Å². The number of allylic oxidation sites excluding steroid dienone is 1. The van der Waals surface area contributed by atoms with Gasteiger partial charge in [0.25, 0.3) is 0 Å². The summed E-state index contributed by atoms with van der Waals surface area (Å²) in [4.78, 5) is 10.9. The minimum atomic E-state index is -0.953. The van der Waals surface area contributed by atoms with E-state index in [-0.39, 0.29) is 0 Å². The van der Waals surface area contributed by atoms with Gasteiger partial charge in [0, 0.05) is 11.5 Å². The van der Waals surface area contributed by atoms with Crippen LogP contribution in [0.25, 0.3) is 28.1 Å². The summed E-state index contributed by atoms with van der Waals surface area (Å²) in [7, 11) is 0. The number of aliphatic carboxylic acids is 1. The second-order valence-corrected chi connectivity index (χ2v) is 7.99. The van der Waals surface area contributed by atoms with Gasteiger partial charge in [0.05, 0.1) is 11.7 Å². The number of hydrogen-bond donors (Lipinski definition) is 2. The number of carboxylic acid groups (broad SMARTS) is 1. The summed E-state index contributed by atoms with van der Waals surface area (Å²) >= 11 is 0.